The van der Waals surface area contributed by atoms with Crippen molar-refractivity contribution in [2.24, 2.45) is 0 Å². The number of carbonyl (C=O) groups is 2. The molecular formula is C21H22O4. The molecule has 0 heterocycles. The third-order valence-electron chi connectivity index (χ3n) is 3.66. The summed E-state index contributed by atoms with van der Waals surface area (Å²) >= 11 is 0. The highest BCUT2D eigenvalue weighted by Gasteiger charge is 2.06. The van der Waals surface area contributed by atoms with Gasteiger partial charge in [0.05, 0.1) is 11.6 Å². The topological polar surface area (TPSA) is 52.6 Å². The molecule has 25 heavy (non-hydrogen) atoms. The molecule has 0 bridgehead atoms. The fourth-order valence-electron chi connectivity index (χ4n) is 2.26. The first-order chi connectivity index (χ1) is 12.1. The average Bonchev–Trinajstić information content (AvgIpc) is 2.63. The third-order valence-corrected chi connectivity index (χ3v) is 3.66. The smallest absolute Gasteiger partial charge is 0.342 e. The van der Waals surface area contributed by atoms with Crippen LogP contribution >= 0.6 is 0 Å². The van der Waals surface area contributed by atoms with E-state index in [1.54, 1.807) is 24.3 Å². The summed E-state index contributed by atoms with van der Waals surface area (Å²) in [5.74, 6) is -0.667. The Balaban J connectivity index is 1.84. The molecule has 0 aromatic heterocycles. The number of hydrogen-bond donors (Lipinski definition) is 0. The molecule has 2 aromatic rings. The zero-order valence-electron chi connectivity index (χ0n) is 14.5. The van der Waals surface area contributed by atoms with Crippen molar-refractivity contribution in [3.8, 4) is 5.75 Å². The molecule has 4 heteroatoms. The van der Waals surface area contributed by atoms with E-state index >= 15 is 0 Å². The lowest BCUT2D eigenvalue weighted by atomic mass is 10.1. The highest BCUT2D eigenvalue weighted by Crippen LogP contribution is 2.13. The van der Waals surface area contributed by atoms with E-state index in [0.717, 1.165) is 37.2 Å². The van der Waals surface area contributed by atoms with Crippen molar-refractivity contribution >= 4 is 11.9 Å². The lowest BCUT2D eigenvalue weighted by molar-refractivity contribution is -0.129. The highest BCUT2D eigenvalue weighted by atomic mass is 16.5. The summed E-state index contributed by atoms with van der Waals surface area (Å²) in [6, 6.07) is 14.5. The van der Waals surface area contributed by atoms with Crippen molar-refractivity contribution in [1.82, 2.24) is 0 Å². The molecule has 0 N–H and O–H groups in total. The number of benzene rings is 2. The molecule has 4 nitrogen and oxygen atoms in total. The van der Waals surface area contributed by atoms with Crippen LogP contribution in [0.1, 0.15) is 41.8 Å². The molecule has 0 amide bonds. The van der Waals surface area contributed by atoms with Crippen molar-refractivity contribution in [1.29, 1.82) is 0 Å². The Morgan fingerprint density at radius 2 is 1.56 bits per heavy atom. The molecule has 0 spiro atoms. The van der Waals surface area contributed by atoms with Crippen molar-refractivity contribution in [2.75, 3.05) is 0 Å². The molecule has 0 saturated carbocycles. The zero-order chi connectivity index (χ0) is 18.1. The van der Waals surface area contributed by atoms with Crippen LogP contribution in [0.5, 0.6) is 5.75 Å². The fraction of sp³-hybridized carbons (Fsp3) is 0.238. The summed E-state index contributed by atoms with van der Waals surface area (Å²) in [5.41, 5.74) is 2.77. The normalized spacial score (nSPS) is 10.6. The quantitative estimate of drug-likeness (QED) is 0.323. The van der Waals surface area contributed by atoms with Gasteiger partial charge in [0.15, 0.2) is 0 Å². The average molecular weight is 338 g/mol. The minimum absolute atomic E-state index is 0.438. The Hall–Kier alpha value is -2.88. The fourth-order valence-corrected chi connectivity index (χ4v) is 2.26. The van der Waals surface area contributed by atoms with Gasteiger partial charge in [-0.3, -0.25) is 0 Å². The van der Waals surface area contributed by atoms with Gasteiger partial charge >= 0.3 is 11.9 Å². The number of ether oxygens (including phenoxy) is 2. The minimum atomic E-state index is -0.602. The van der Waals surface area contributed by atoms with Gasteiger partial charge in [-0.05, 0) is 48.2 Å². The molecule has 2 rings (SSSR count). The van der Waals surface area contributed by atoms with Gasteiger partial charge in [0, 0.05) is 0 Å². The van der Waals surface area contributed by atoms with Gasteiger partial charge in [-0.1, -0.05) is 44.5 Å². The monoisotopic (exact) mass is 338 g/mol. The van der Waals surface area contributed by atoms with E-state index in [9.17, 15) is 9.59 Å². The second-order valence-corrected chi connectivity index (χ2v) is 5.57. The maximum Gasteiger partial charge on any atom is 0.342 e. The van der Waals surface area contributed by atoms with Crippen molar-refractivity contribution in [3.05, 3.63) is 77.6 Å². The SMILES string of the molecule is CCCc1ccc(C(=O)O/C=C/C(=O)Oc2ccc(CC)cc2)cc1. The Bertz CT molecular complexity index is 727. The van der Waals surface area contributed by atoms with Crippen LogP contribution in [-0.2, 0) is 22.4 Å². The molecule has 0 aliphatic heterocycles. The number of aryl methyl sites for hydroxylation is 2. The molecule has 2 aromatic carbocycles. The predicted octanol–water partition coefficient (Wildman–Crippen LogP) is 4.48. The van der Waals surface area contributed by atoms with Crippen LogP contribution in [-0.4, -0.2) is 11.9 Å². The van der Waals surface area contributed by atoms with E-state index in [0.29, 0.717) is 11.3 Å². The third kappa shape index (κ3) is 5.92. The number of hydrogen-bond acceptors (Lipinski definition) is 4. The van der Waals surface area contributed by atoms with Crippen molar-refractivity contribution < 1.29 is 19.1 Å². The molecule has 0 saturated heterocycles. The van der Waals surface area contributed by atoms with Crippen LogP contribution in [0.2, 0.25) is 0 Å². The lowest BCUT2D eigenvalue weighted by Crippen LogP contribution is -2.05. The van der Waals surface area contributed by atoms with Crippen LogP contribution < -0.4 is 4.74 Å². The molecule has 0 aliphatic rings. The Morgan fingerprint density at radius 1 is 0.920 bits per heavy atom. The summed E-state index contributed by atoms with van der Waals surface area (Å²) in [6.07, 6.45) is 5.07. The van der Waals surface area contributed by atoms with Crippen LogP contribution in [0.3, 0.4) is 0 Å². The summed E-state index contributed by atoms with van der Waals surface area (Å²) in [7, 11) is 0. The second kappa shape index (κ2) is 9.42. The van der Waals surface area contributed by atoms with Crippen LogP contribution in [0.4, 0.5) is 0 Å². The van der Waals surface area contributed by atoms with E-state index < -0.39 is 11.9 Å². The van der Waals surface area contributed by atoms with Gasteiger partial charge in [-0.15, -0.1) is 0 Å². The molecule has 0 aliphatic carbocycles. The van der Waals surface area contributed by atoms with E-state index in [-0.39, 0.29) is 0 Å². The Morgan fingerprint density at radius 3 is 2.16 bits per heavy atom. The number of carbonyl (C=O) groups excluding carboxylic acids is 2. The van der Waals surface area contributed by atoms with Gasteiger partial charge in [-0.2, -0.15) is 0 Å². The number of esters is 2. The minimum Gasteiger partial charge on any atom is -0.431 e. The lowest BCUT2D eigenvalue weighted by Gasteiger charge is -2.03. The summed E-state index contributed by atoms with van der Waals surface area (Å²) < 4.78 is 10.1. The Kier molecular flexibility index (Phi) is 6.96. The highest BCUT2D eigenvalue weighted by molar-refractivity contribution is 5.90. The van der Waals surface area contributed by atoms with Crippen LogP contribution in [0.15, 0.2) is 60.9 Å². The molecule has 0 fully saturated rings. The number of rotatable bonds is 7. The summed E-state index contributed by atoms with van der Waals surface area (Å²) in [5, 5.41) is 0. The van der Waals surface area contributed by atoms with Crippen LogP contribution in [0, 0.1) is 0 Å². The van der Waals surface area contributed by atoms with Gasteiger partial charge in [0.1, 0.15) is 12.0 Å². The van der Waals surface area contributed by atoms with Gasteiger partial charge < -0.3 is 9.47 Å². The molecule has 0 unspecified atom stereocenters. The molecule has 0 atom stereocenters. The Labute approximate surface area is 148 Å². The van der Waals surface area contributed by atoms with E-state index in [4.69, 9.17) is 9.47 Å². The van der Waals surface area contributed by atoms with Gasteiger partial charge in [0.2, 0.25) is 0 Å². The van der Waals surface area contributed by atoms with Gasteiger partial charge in [0.25, 0.3) is 0 Å². The summed E-state index contributed by atoms with van der Waals surface area (Å²) in [6.45, 7) is 4.15. The largest absolute Gasteiger partial charge is 0.431 e. The van der Waals surface area contributed by atoms with E-state index in [1.165, 1.54) is 5.56 Å². The maximum atomic E-state index is 11.9. The van der Waals surface area contributed by atoms with E-state index in [2.05, 4.69) is 13.8 Å². The second-order valence-electron chi connectivity index (χ2n) is 5.57. The molecule has 130 valence electrons. The molecular weight excluding hydrogens is 316 g/mol. The zero-order valence-corrected chi connectivity index (χ0v) is 14.5. The van der Waals surface area contributed by atoms with Gasteiger partial charge in [-0.25, -0.2) is 9.59 Å². The van der Waals surface area contributed by atoms with E-state index in [1.807, 2.05) is 24.3 Å². The van der Waals surface area contributed by atoms with Crippen LogP contribution in [0.25, 0.3) is 0 Å². The first-order valence-corrected chi connectivity index (χ1v) is 8.39. The molecule has 0 radical (unpaired) electrons. The van der Waals surface area contributed by atoms with Crippen molar-refractivity contribution in [2.45, 2.75) is 33.1 Å². The maximum absolute atomic E-state index is 11.9. The first-order valence-electron chi connectivity index (χ1n) is 8.39. The van der Waals surface area contributed by atoms with Crippen molar-refractivity contribution in [3.63, 3.8) is 0 Å². The first kappa shape index (κ1) is 18.5. The summed E-state index contributed by atoms with van der Waals surface area (Å²) in [4.78, 5) is 23.6. The standard InChI is InChI=1S/C21H22O4/c1-3-5-17-6-10-18(11-7-17)21(23)24-15-14-20(22)25-19-12-8-16(4-2)9-13-19/h6-15H,3-5H2,1-2H3/b15-14+. The predicted molar refractivity (Wildman–Crippen MR) is 96.4 cm³/mol.